The molecule has 5 nitrogen and oxygen atoms in total. The third-order valence-corrected chi connectivity index (χ3v) is 6.50. The summed E-state index contributed by atoms with van der Waals surface area (Å²) in [5.41, 5.74) is 5.04. The lowest BCUT2D eigenvalue weighted by atomic mass is 10.0. The molecule has 0 saturated carbocycles. The van der Waals surface area contributed by atoms with E-state index in [1.54, 1.807) is 17.4 Å². The van der Waals surface area contributed by atoms with Gasteiger partial charge in [-0.2, -0.15) is 0 Å². The second-order valence-electron chi connectivity index (χ2n) is 7.81. The highest BCUT2D eigenvalue weighted by molar-refractivity contribution is 7.13. The number of ether oxygens (including phenoxy) is 1. The van der Waals surface area contributed by atoms with E-state index in [1.165, 1.54) is 10.4 Å². The Morgan fingerprint density at radius 3 is 2.73 bits per heavy atom. The molecular formula is C24H29N3O2S. The van der Waals surface area contributed by atoms with Crippen LogP contribution in [0.2, 0.25) is 0 Å². The summed E-state index contributed by atoms with van der Waals surface area (Å²) >= 11 is 1.73. The topological polar surface area (TPSA) is 57.6 Å². The summed E-state index contributed by atoms with van der Waals surface area (Å²) in [4.78, 5) is 8.51. The van der Waals surface area contributed by atoms with E-state index >= 15 is 0 Å². The molecule has 0 bridgehead atoms. The molecule has 6 heteroatoms. The third kappa shape index (κ3) is 5.01. The molecule has 1 aromatic carbocycles. The third-order valence-electron chi connectivity index (χ3n) is 5.44. The molecular weight excluding hydrogens is 394 g/mol. The number of nitrogens with one attached hydrogen (secondary N) is 1. The van der Waals surface area contributed by atoms with E-state index in [0.717, 1.165) is 74.0 Å². The van der Waals surface area contributed by atoms with Gasteiger partial charge in [-0.05, 0) is 73.7 Å². The van der Waals surface area contributed by atoms with E-state index in [-0.39, 0.29) is 5.75 Å². The predicted octanol–water partition coefficient (Wildman–Crippen LogP) is 4.93. The van der Waals surface area contributed by atoms with Crippen LogP contribution in [0.4, 0.5) is 5.82 Å². The lowest BCUT2D eigenvalue weighted by Gasteiger charge is -2.26. The van der Waals surface area contributed by atoms with Gasteiger partial charge in [0.2, 0.25) is 0 Å². The van der Waals surface area contributed by atoms with Crippen molar-refractivity contribution in [2.75, 3.05) is 44.7 Å². The summed E-state index contributed by atoms with van der Waals surface area (Å²) in [6, 6.07) is 12.0. The fourth-order valence-electron chi connectivity index (χ4n) is 3.76. The summed E-state index contributed by atoms with van der Waals surface area (Å²) in [6.45, 7) is 9.78. The molecule has 0 aliphatic carbocycles. The van der Waals surface area contributed by atoms with Gasteiger partial charge in [0, 0.05) is 30.1 Å². The van der Waals surface area contributed by atoms with Crippen LogP contribution in [0.5, 0.6) is 5.75 Å². The Kier molecular flexibility index (Phi) is 6.67. The largest absolute Gasteiger partial charge is 0.507 e. The maximum absolute atomic E-state index is 10.4. The molecule has 0 atom stereocenters. The van der Waals surface area contributed by atoms with Crippen molar-refractivity contribution >= 4 is 17.2 Å². The van der Waals surface area contributed by atoms with Gasteiger partial charge in [-0.25, -0.2) is 4.98 Å². The van der Waals surface area contributed by atoms with Gasteiger partial charge < -0.3 is 15.2 Å². The van der Waals surface area contributed by atoms with Crippen LogP contribution in [0.1, 0.15) is 17.5 Å². The van der Waals surface area contributed by atoms with Gasteiger partial charge in [0.25, 0.3) is 0 Å². The van der Waals surface area contributed by atoms with Crippen LogP contribution in [-0.2, 0) is 4.74 Å². The monoisotopic (exact) mass is 423 g/mol. The SMILES string of the molecule is Cc1ccc(O)c(-c2cc(-c3sccc3C)cc(NCCCN3CCOCC3)n2)c1. The highest BCUT2D eigenvalue weighted by atomic mass is 32.1. The molecule has 158 valence electrons. The zero-order valence-corrected chi connectivity index (χ0v) is 18.5. The number of anilines is 1. The fraction of sp³-hybridized carbons (Fsp3) is 0.375. The Labute approximate surface area is 182 Å². The van der Waals surface area contributed by atoms with Crippen LogP contribution in [0.3, 0.4) is 0 Å². The van der Waals surface area contributed by atoms with Gasteiger partial charge >= 0.3 is 0 Å². The first-order chi connectivity index (χ1) is 14.6. The van der Waals surface area contributed by atoms with E-state index in [4.69, 9.17) is 9.72 Å². The van der Waals surface area contributed by atoms with Crippen molar-refractivity contribution in [1.29, 1.82) is 0 Å². The number of phenolic OH excluding ortho intramolecular Hbond substituents is 1. The van der Waals surface area contributed by atoms with Crippen LogP contribution in [0, 0.1) is 13.8 Å². The van der Waals surface area contributed by atoms with Gasteiger partial charge in [0.1, 0.15) is 11.6 Å². The lowest BCUT2D eigenvalue weighted by Crippen LogP contribution is -2.37. The van der Waals surface area contributed by atoms with Crippen molar-refractivity contribution in [1.82, 2.24) is 9.88 Å². The smallest absolute Gasteiger partial charge is 0.127 e. The quantitative estimate of drug-likeness (QED) is 0.528. The van der Waals surface area contributed by atoms with Gasteiger partial charge in [-0.1, -0.05) is 11.6 Å². The molecule has 3 aromatic rings. The average molecular weight is 424 g/mol. The molecule has 1 aliphatic rings. The van der Waals surface area contributed by atoms with Gasteiger partial charge in [-0.15, -0.1) is 11.3 Å². The molecule has 0 radical (unpaired) electrons. The number of hydrogen-bond donors (Lipinski definition) is 2. The molecule has 1 saturated heterocycles. The minimum Gasteiger partial charge on any atom is -0.507 e. The van der Waals surface area contributed by atoms with E-state index in [0.29, 0.717) is 0 Å². The molecule has 4 rings (SSSR count). The molecule has 3 heterocycles. The molecule has 1 fully saturated rings. The Morgan fingerprint density at radius 1 is 1.13 bits per heavy atom. The van der Waals surface area contributed by atoms with E-state index < -0.39 is 0 Å². The Balaban J connectivity index is 1.56. The molecule has 0 amide bonds. The fourth-order valence-corrected chi connectivity index (χ4v) is 4.67. The summed E-state index contributed by atoms with van der Waals surface area (Å²) in [7, 11) is 0. The Hall–Kier alpha value is -2.41. The van der Waals surface area contributed by atoms with E-state index in [9.17, 15) is 5.11 Å². The number of benzene rings is 1. The molecule has 2 aromatic heterocycles. The number of phenols is 1. The van der Waals surface area contributed by atoms with E-state index in [1.807, 2.05) is 19.1 Å². The predicted molar refractivity (Wildman–Crippen MR) is 124 cm³/mol. The number of nitrogens with zero attached hydrogens (tertiary/aromatic N) is 2. The van der Waals surface area contributed by atoms with Crippen LogP contribution in [0.25, 0.3) is 21.7 Å². The number of pyridine rings is 1. The van der Waals surface area contributed by atoms with Crippen molar-refractivity contribution in [3.8, 4) is 27.4 Å². The highest BCUT2D eigenvalue weighted by Crippen LogP contribution is 2.36. The number of aryl methyl sites for hydroxylation is 2. The molecule has 1 aliphatic heterocycles. The van der Waals surface area contributed by atoms with E-state index in [2.05, 4.69) is 40.7 Å². The van der Waals surface area contributed by atoms with Gasteiger partial charge in [0.05, 0.1) is 18.9 Å². The number of thiophene rings is 1. The zero-order valence-electron chi connectivity index (χ0n) is 17.6. The summed E-state index contributed by atoms with van der Waals surface area (Å²) in [6.07, 6.45) is 1.05. The first-order valence-corrected chi connectivity index (χ1v) is 11.4. The summed E-state index contributed by atoms with van der Waals surface area (Å²) < 4.78 is 5.42. The minimum atomic E-state index is 0.256. The Morgan fingerprint density at radius 2 is 1.97 bits per heavy atom. The summed E-state index contributed by atoms with van der Waals surface area (Å²) in [5, 5.41) is 16.1. The standard InChI is InChI=1S/C24H29N3O2S/c1-17-4-5-22(28)20(14-17)21-15-19(24-18(2)6-13-30-24)16-23(26-21)25-7-3-8-27-9-11-29-12-10-27/h4-6,13-16,28H,3,7-12H2,1-2H3,(H,25,26). The van der Waals surface area contributed by atoms with Crippen LogP contribution in [0.15, 0.2) is 41.8 Å². The number of rotatable bonds is 7. The second kappa shape index (κ2) is 9.60. The normalized spacial score (nSPS) is 14.7. The summed E-state index contributed by atoms with van der Waals surface area (Å²) in [5.74, 6) is 1.10. The average Bonchev–Trinajstić information content (AvgIpc) is 3.19. The van der Waals surface area contributed by atoms with Crippen LogP contribution >= 0.6 is 11.3 Å². The van der Waals surface area contributed by atoms with Gasteiger partial charge in [-0.3, -0.25) is 4.90 Å². The number of morpholine rings is 1. The first-order valence-electron chi connectivity index (χ1n) is 10.5. The number of aromatic nitrogens is 1. The maximum Gasteiger partial charge on any atom is 0.127 e. The van der Waals surface area contributed by atoms with Crippen LogP contribution < -0.4 is 5.32 Å². The first kappa shape index (κ1) is 20.8. The van der Waals surface area contributed by atoms with Crippen molar-refractivity contribution in [2.24, 2.45) is 0 Å². The van der Waals surface area contributed by atoms with Crippen LogP contribution in [-0.4, -0.2) is 54.4 Å². The molecule has 0 spiro atoms. The van der Waals surface area contributed by atoms with Crippen molar-refractivity contribution < 1.29 is 9.84 Å². The Bertz CT molecular complexity index is 996. The molecule has 0 unspecified atom stereocenters. The highest BCUT2D eigenvalue weighted by Gasteiger charge is 2.13. The minimum absolute atomic E-state index is 0.256. The lowest BCUT2D eigenvalue weighted by molar-refractivity contribution is 0.0378. The number of hydrogen-bond acceptors (Lipinski definition) is 6. The molecule has 30 heavy (non-hydrogen) atoms. The van der Waals surface area contributed by atoms with Crippen molar-refractivity contribution in [2.45, 2.75) is 20.3 Å². The second-order valence-corrected chi connectivity index (χ2v) is 8.73. The molecule has 2 N–H and O–H groups in total. The maximum atomic E-state index is 10.4. The number of aromatic hydroxyl groups is 1. The van der Waals surface area contributed by atoms with Crippen molar-refractivity contribution in [3.05, 3.63) is 52.9 Å². The van der Waals surface area contributed by atoms with Gasteiger partial charge in [0.15, 0.2) is 0 Å². The zero-order chi connectivity index (χ0) is 20.9. The van der Waals surface area contributed by atoms with Crippen molar-refractivity contribution in [3.63, 3.8) is 0 Å².